The van der Waals surface area contributed by atoms with Gasteiger partial charge in [0, 0.05) is 13.8 Å². The number of rotatable bonds is 2. The first-order valence-corrected chi connectivity index (χ1v) is 2.64. The van der Waals surface area contributed by atoms with Crippen molar-refractivity contribution in [2.75, 3.05) is 13.7 Å². The van der Waals surface area contributed by atoms with E-state index in [-0.39, 0.29) is 0 Å². The second-order valence-electron chi connectivity index (χ2n) is 1.30. The molecule has 0 N–H and O–H groups in total. The van der Waals surface area contributed by atoms with E-state index in [0.717, 1.165) is 0 Å². The number of hydrogen-bond donors (Lipinski definition) is 0. The summed E-state index contributed by atoms with van der Waals surface area (Å²) in [6, 6.07) is 4.96. The van der Waals surface area contributed by atoms with Gasteiger partial charge in [0.05, 0.1) is 18.7 Å². The lowest BCUT2D eigenvalue weighted by atomic mass is 10.9. The molecule has 3 heteroatoms. The maximum Gasteiger partial charge on any atom is 0.0728 e. The van der Waals surface area contributed by atoms with Crippen LogP contribution in [0.5, 0.6) is 0 Å². The largest absolute Gasteiger partial charge is 0.266 e. The Morgan fingerprint density at radius 3 is 2.89 bits per heavy atom. The molecule has 0 saturated carbocycles. The normalized spacial score (nSPS) is 7.33. The standard InChI is InChI=1S/C6H10N2O/c1-4-9-8(3)6-5-7-2/h2,4H2,1,3H3. The molecule has 0 aliphatic heterocycles. The molecule has 0 aromatic rings. The Morgan fingerprint density at radius 1 is 1.78 bits per heavy atom. The van der Waals surface area contributed by atoms with Crippen molar-refractivity contribution in [3.8, 4) is 12.1 Å². The van der Waals surface area contributed by atoms with E-state index in [2.05, 4.69) is 23.8 Å². The van der Waals surface area contributed by atoms with Crippen molar-refractivity contribution in [3.63, 3.8) is 0 Å². The highest BCUT2D eigenvalue weighted by molar-refractivity contribution is 5.27. The molecule has 9 heavy (non-hydrogen) atoms. The highest BCUT2D eigenvalue weighted by atomic mass is 16.7. The maximum absolute atomic E-state index is 4.92. The van der Waals surface area contributed by atoms with Crippen LogP contribution in [-0.2, 0) is 4.84 Å². The van der Waals surface area contributed by atoms with E-state index in [9.17, 15) is 0 Å². The van der Waals surface area contributed by atoms with Crippen molar-refractivity contribution in [1.82, 2.24) is 5.06 Å². The molecule has 0 amide bonds. The Labute approximate surface area is 55.3 Å². The SMILES string of the molecule is C=NC#CN(C)OCC. The third-order valence-corrected chi connectivity index (χ3v) is 0.609. The van der Waals surface area contributed by atoms with E-state index in [1.54, 1.807) is 7.05 Å². The summed E-state index contributed by atoms with van der Waals surface area (Å²) in [4.78, 5) is 8.24. The first-order valence-electron chi connectivity index (χ1n) is 2.64. The Hall–Kier alpha value is -1.01. The fourth-order valence-corrected chi connectivity index (χ4v) is 0.332. The maximum atomic E-state index is 4.92. The molecule has 50 valence electrons. The molecular formula is C6H10N2O. The van der Waals surface area contributed by atoms with Crippen LogP contribution in [0.1, 0.15) is 6.92 Å². The van der Waals surface area contributed by atoms with Crippen LogP contribution in [0, 0.1) is 12.1 Å². The molecule has 0 saturated heterocycles. The van der Waals surface area contributed by atoms with Gasteiger partial charge < -0.3 is 0 Å². The summed E-state index contributed by atoms with van der Waals surface area (Å²) in [5.41, 5.74) is 0. The zero-order valence-electron chi connectivity index (χ0n) is 5.72. The number of hydrogen-bond acceptors (Lipinski definition) is 3. The average molecular weight is 126 g/mol. The first-order chi connectivity index (χ1) is 4.31. The second-order valence-corrected chi connectivity index (χ2v) is 1.30. The van der Waals surface area contributed by atoms with E-state index in [0.29, 0.717) is 6.61 Å². The lowest BCUT2D eigenvalue weighted by molar-refractivity contribution is -0.0837. The van der Waals surface area contributed by atoms with Crippen molar-refractivity contribution < 1.29 is 4.84 Å². The third kappa shape index (κ3) is 4.85. The summed E-state index contributed by atoms with van der Waals surface area (Å²) in [7, 11) is 1.71. The van der Waals surface area contributed by atoms with Crippen LogP contribution in [0.4, 0.5) is 0 Å². The monoisotopic (exact) mass is 126 g/mol. The van der Waals surface area contributed by atoms with E-state index in [1.165, 1.54) is 5.06 Å². The van der Waals surface area contributed by atoms with Crippen molar-refractivity contribution in [3.05, 3.63) is 0 Å². The molecule has 0 fully saturated rings. The summed E-state index contributed by atoms with van der Waals surface area (Å²) >= 11 is 0. The van der Waals surface area contributed by atoms with Crippen LogP contribution in [0.2, 0.25) is 0 Å². The van der Waals surface area contributed by atoms with Crippen LogP contribution in [0.3, 0.4) is 0 Å². The van der Waals surface area contributed by atoms with Crippen molar-refractivity contribution >= 4 is 6.72 Å². The summed E-state index contributed by atoms with van der Waals surface area (Å²) in [5, 5.41) is 1.40. The van der Waals surface area contributed by atoms with Crippen LogP contribution < -0.4 is 0 Å². The summed E-state index contributed by atoms with van der Waals surface area (Å²) < 4.78 is 0. The fourth-order valence-electron chi connectivity index (χ4n) is 0.332. The lowest BCUT2D eigenvalue weighted by Gasteiger charge is -2.06. The molecule has 0 atom stereocenters. The van der Waals surface area contributed by atoms with E-state index in [4.69, 9.17) is 4.84 Å². The predicted octanol–water partition coefficient (Wildman–Crippen LogP) is 0.489. The third-order valence-electron chi connectivity index (χ3n) is 0.609. The van der Waals surface area contributed by atoms with Gasteiger partial charge in [0.15, 0.2) is 0 Å². The molecule has 0 bridgehead atoms. The van der Waals surface area contributed by atoms with Crippen molar-refractivity contribution in [2.24, 2.45) is 4.99 Å². The summed E-state index contributed by atoms with van der Waals surface area (Å²) in [5.74, 6) is 0. The van der Waals surface area contributed by atoms with Crippen LogP contribution in [0.15, 0.2) is 4.99 Å². The minimum Gasteiger partial charge on any atom is -0.266 e. The lowest BCUT2D eigenvalue weighted by Crippen LogP contribution is -2.11. The highest BCUT2D eigenvalue weighted by Gasteiger charge is 1.82. The molecule has 0 unspecified atom stereocenters. The fraction of sp³-hybridized carbons (Fsp3) is 0.500. The predicted molar refractivity (Wildman–Crippen MR) is 36.7 cm³/mol. The van der Waals surface area contributed by atoms with Crippen molar-refractivity contribution in [2.45, 2.75) is 6.92 Å². The number of nitrogens with zero attached hydrogens (tertiary/aromatic N) is 2. The molecule has 0 aromatic carbocycles. The van der Waals surface area contributed by atoms with E-state index < -0.39 is 0 Å². The van der Waals surface area contributed by atoms with E-state index in [1.807, 2.05) is 6.92 Å². The van der Waals surface area contributed by atoms with Gasteiger partial charge in [-0.15, -0.1) is 0 Å². The minimum absolute atomic E-state index is 0.613. The second kappa shape index (κ2) is 5.13. The molecule has 0 rings (SSSR count). The van der Waals surface area contributed by atoms with E-state index >= 15 is 0 Å². The molecule has 0 aromatic heterocycles. The molecule has 0 aliphatic rings. The Kier molecular flexibility index (Phi) is 4.56. The first kappa shape index (κ1) is 7.99. The van der Waals surface area contributed by atoms with Gasteiger partial charge in [0.1, 0.15) is 0 Å². The molecule has 3 nitrogen and oxygen atoms in total. The van der Waals surface area contributed by atoms with Gasteiger partial charge in [-0.25, -0.2) is 10.1 Å². The summed E-state index contributed by atoms with van der Waals surface area (Å²) in [6.07, 6.45) is 0. The van der Waals surface area contributed by atoms with Gasteiger partial charge in [-0.1, -0.05) is 0 Å². The van der Waals surface area contributed by atoms with Crippen LogP contribution in [-0.4, -0.2) is 25.4 Å². The zero-order valence-corrected chi connectivity index (χ0v) is 5.72. The Morgan fingerprint density at radius 2 is 2.44 bits per heavy atom. The van der Waals surface area contributed by atoms with Gasteiger partial charge >= 0.3 is 0 Å². The van der Waals surface area contributed by atoms with Gasteiger partial charge in [-0.05, 0) is 6.92 Å². The minimum atomic E-state index is 0.613. The molecule has 0 heterocycles. The molecule has 0 spiro atoms. The Balaban J connectivity index is 3.47. The topological polar surface area (TPSA) is 24.8 Å². The molecule has 0 radical (unpaired) electrons. The average Bonchev–Trinajstić information content (AvgIpc) is 1.85. The van der Waals surface area contributed by atoms with Crippen LogP contribution >= 0.6 is 0 Å². The highest BCUT2D eigenvalue weighted by Crippen LogP contribution is 1.78. The quantitative estimate of drug-likeness (QED) is 0.233. The van der Waals surface area contributed by atoms with Gasteiger partial charge in [-0.2, -0.15) is 0 Å². The number of aliphatic imine (C=N–C) groups is 1. The molecular weight excluding hydrogens is 116 g/mol. The van der Waals surface area contributed by atoms with Gasteiger partial charge in [0.2, 0.25) is 0 Å². The van der Waals surface area contributed by atoms with Crippen LogP contribution in [0.25, 0.3) is 0 Å². The van der Waals surface area contributed by atoms with Gasteiger partial charge in [-0.3, -0.25) is 4.84 Å². The molecule has 0 aliphatic carbocycles. The number of hydroxylamine groups is 2. The summed E-state index contributed by atoms with van der Waals surface area (Å²) in [6.45, 7) is 5.69. The smallest absolute Gasteiger partial charge is 0.0728 e. The zero-order chi connectivity index (χ0) is 7.11. The van der Waals surface area contributed by atoms with Crippen molar-refractivity contribution in [1.29, 1.82) is 0 Å². The Bertz CT molecular complexity index is 134. The van der Waals surface area contributed by atoms with Gasteiger partial charge in [0.25, 0.3) is 0 Å².